The first kappa shape index (κ1) is 14.4. The molecule has 110 valence electrons. The van der Waals surface area contributed by atoms with Crippen LogP contribution in [0.2, 0.25) is 0 Å². The van der Waals surface area contributed by atoms with E-state index in [1.165, 1.54) is 51.1 Å². The van der Waals surface area contributed by atoms with Crippen LogP contribution in [0, 0.1) is 5.92 Å². The Morgan fingerprint density at radius 2 is 1.90 bits per heavy atom. The van der Waals surface area contributed by atoms with Crippen LogP contribution in [0.3, 0.4) is 0 Å². The van der Waals surface area contributed by atoms with Crippen molar-refractivity contribution in [1.29, 1.82) is 0 Å². The fourth-order valence-electron chi connectivity index (χ4n) is 3.53. The second kappa shape index (κ2) is 6.46. The molecule has 2 N–H and O–H groups in total. The molecule has 3 nitrogen and oxygen atoms in total. The van der Waals surface area contributed by atoms with E-state index in [0.717, 1.165) is 16.9 Å². The summed E-state index contributed by atoms with van der Waals surface area (Å²) < 4.78 is 1.15. The predicted octanol–water partition coefficient (Wildman–Crippen LogP) is 2.70. The van der Waals surface area contributed by atoms with Crippen LogP contribution in [-0.2, 0) is 0 Å². The zero-order valence-electron chi connectivity index (χ0n) is 12.0. The number of anilines is 1. The second-order valence-electron chi connectivity index (χ2n) is 6.10. The van der Waals surface area contributed by atoms with Crippen LogP contribution >= 0.6 is 15.9 Å². The highest BCUT2D eigenvalue weighted by Gasteiger charge is 2.30. The Hall–Kier alpha value is -0.580. The van der Waals surface area contributed by atoms with Gasteiger partial charge >= 0.3 is 0 Å². The lowest BCUT2D eigenvalue weighted by Gasteiger charge is -2.39. The first-order valence-corrected chi connectivity index (χ1v) is 8.50. The van der Waals surface area contributed by atoms with Crippen molar-refractivity contribution in [2.45, 2.75) is 25.3 Å². The van der Waals surface area contributed by atoms with Crippen molar-refractivity contribution in [2.75, 3.05) is 37.6 Å². The van der Waals surface area contributed by atoms with Crippen LogP contribution < -0.4 is 10.6 Å². The highest BCUT2D eigenvalue weighted by atomic mass is 79.9. The molecular formula is C16H24BrN3. The van der Waals surface area contributed by atoms with Crippen molar-refractivity contribution in [3.63, 3.8) is 0 Å². The molecule has 20 heavy (non-hydrogen) atoms. The molecule has 0 spiro atoms. The SMILES string of the molecule is NCC1CCN(C2CCCN(c3ccc(Br)cc3)C2)C1. The van der Waals surface area contributed by atoms with Crippen LogP contribution in [0.4, 0.5) is 5.69 Å². The third-order valence-electron chi connectivity index (χ3n) is 4.76. The second-order valence-corrected chi connectivity index (χ2v) is 7.02. The van der Waals surface area contributed by atoms with Gasteiger partial charge in [0.2, 0.25) is 0 Å². The zero-order valence-corrected chi connectivity index (χ0v) is 13.6. The molecule has 1 aromatic rings. The van der Waals surface area contributed by atoms with E-state index in [1.54, 1.807) is 0 Å². The Morgan fingerprint density at radius 1 is 1.10 bits per heavy atom. The molecule has 0 bridgehead atoms. The number of piperidine rings is 1. The molecule has 2 heterocycles. The maximum absolute atomic E-state index is 5.82. The number of hydrogen-bond donors (Lipinski definition) is 1. The average molecular weight is 338 g/mol. The highest BCUT2D eigenvalue weighted by Crippen LogP contribution is 2.27. The first-order chi connectivity index (χ1) is 9.76. The summed E-state index contributed by atoms with van der Waals surface area (Å²) in [7, 11) is 0. The lowest BCUT2D eigenvalue weighted by Crippen LogP contribution is -2.47. The third kappa shape index (κ3) is 3.18. The molecule has 3 rings (SSSR count). The Kier molecular flexibility index (Phi) is 4.64. The van der Waals surface area contributed by atoms with Crippen LogP contribution in [0.5, 0.6) is 0 Å². The summed E-state index contributed by atoms with van der Waals surface area (Å²) >= 11 is 3.51. The van der Waals surface area contributed by atoms with Gasteiger partial charge in [-0.1, -0.05) is 15.9 Å². The standard InChI is InChI=1S/C16H24BrN3/c17-14-3-5-15(6-4-14)19-8-1-2-16(12-19)20-9-7-13(10-18)11-20/h3-6,13,16H,1-2,7-12,18H2. The van der Waals surface area contributed by atoms with Gasteiger partial charge in [-0.15, -0.1) is 0 Å². The van der Waals surface area contributed by atoms with Gasteiger partial charge in [0, 0.05) is 35.8 Å². The molecule has 0 aromatic heterocycles. The zero-order chi connectivity index (χ0) is 13.9. The molecule has 0 radical (unpaired) electrons. The van der Waals surface area contributed by atoms with Gasteiger partial charge in [-0.2, -0.15) is 0 Å². The number of rotatable bonds is 3. The summed E-state index contributed by atoms with van der Waals surface area (Å²) in [4.78, 5) is 5.21. The van der Waals surface area contributed by atoms with Gasteiger partial charge in [-0.05, 0) is 62.5 Å². The Balaban J connectivity index is 1.63. The molecule has 2 aliphatic heterocycles. The fourth-order valence-corrected chi connectivity index (χ4v) is 3.79. The predicted molar refractivity (Wildman–Crippen MR) is 88.1 cm³/mol. The lowest BCUT2D eigenvalue weighted by atomic mass is 10.0. The van der Waals surface area contributed by atoms with Crippen LogP contribution in [0.1, 0.15) is 19.3 Å². The van der Waals surface area contributed by atoms with Gasteiger partial charge in [0.15, 0.2) is 0 Å². The summed E-state index contributed by atoms with van der Waals surface area (Å²) in [6, 6.07) is 9.43. The van der Waals surface area contributed by atoms with E-state index in [-0.39, 0.29) is 0 Å². The van der Waals surface area contributed by atoms with Crippen molar-refractivity contribution < 1.29 is 0 Å². The average Bonchev–Trinajstić information content (AvgIpc) is 2.97. The first-order valence-electron chi connectivity index (χ1n) is 7.71. The molecule has 1 aromatic carbocycles. The van der Waals surface area contributed by atoms with Gasteiger partial charge in [-0.25, -0.2) is 0 Å². The third-order valence-corrected chi connectivity index (χ3v) is 5.28. The van der Waals surface area contributed by atoms with Crippen molar-refractivity contribution >= 4 is 21.6 Å². The van der Waals surface area contributed by atoms with E-state index >= 15 is 0 Å². The quantitative estimate of drug-likeness (QED) is 0.920. The van der Waals surface area contributed by atoms with Crippen LogP contribution in [0.25, 0.3) is 0 Å². The lowest BCUT2D eigenvalue weighted by molar-refractivity contribution is 0.209. The number of likely N-dealkylation sites (tertiary alicyclic amines) is 1. The molecule has 0 saturated carbocycles. The van der Waals surface area contributed by atoms with E-state index in [9.17, 15) is 0 Å². The number of benzene rings is 1. The number of hydrogen-bond acceptors (Lipinski definition) is 3. The van der Waals surface area contributed by atoms with Crippen molar-refractivity contribution in [2.24, 2.45) is 11.7 Å². The topological polar surface area (TPSA) is 32.5 Å². The molecular weight excluding hydrogens is 314 g/mol. The van der Waals surface area contributed by atoms with Gasteiger partial charge in [0.25, 0.3) is 0 Å². The summed E-state index contributed by atoms with van der Waals surface area (Å²) in [5.41, 5.74) is 7.17. The summed E-state index contributed by atoms with van der Waals surface area (Å²) in [5, 5.41) is 0. The molecule has 2 saturated heterocycles. The van der Waals surface area contributed by atoms with Gasteiger partial charge in [0.1, 0.15) is 0 Å². The van der Waals surface area contributed by atoms with E-state index in [2.05, 4.69) is 50.0 Å². The van der Waals surface area contributed by atoms with Crippen molar-refractivity contribution in [1.82, 2.24) is 4.90 Å². The van der Waals surface area contributed by atoms with Gasteiger partial charge < -0.3 is 10.6 Å². The minimum absolute atomic E-state index is 0.712. The minimum atomic E-state index is 0.712. The van der Waals surface area contributed by atoms with Crippen LogP contribution in [0.15, 0.2) is 28.7 Å². The molecule has 4 heteroatoms. The van der Waals surface area contributed by atoms with E-state index in [0.29, 0.717) is 6.04 Å². The fraction of sp³-hybridized carbons (Fsp3) is 0.625. The number of nitrogens with zero attached hydrogens (tertiary/aromatic N) is 2. The van der Waals surface area contributed by atoms with E-state index < -0.39 is 0 Å². The Labute approximate surface area is 130 Å². The molecule has 2 atom stereocenters. The normalized spacial score (nSPS) is 28.0. The number of nitrogens with two attached hydrogens (primary N) is 1. The molecule has 2 fully saturated rings. The van der Waals surface area contributed by atoms with E-state index in [1.807, 2.05) is 0 Å². The Morgan fingerprint density at radius 3 is 2.60 bits per heavy atom. The van der Waals surface area contributed by atoms with E-state index in [4.69, 9.17) is 5.73 Å². The van der Waals surface area contributed by atoms with Crippen molar-refractivity contribution in [3.05, 3.63) is 28.7 Å². The molecule has 2 unspecified atom stereocenters. The molecule has 0 aliphatic carbocycles. The minimum Gasteiger partial charge on any atom is -0.370 e. The summed E-state index contributed by atoms with van der Waals surface area (Å²) in [6.07, 6.45) is 3.92. The van der Waals surface area contributed by atoms with Crippen molar-refractivity contribution in [3.8, 4) is 0 Å². The van der Waals surface area contributed by atoms with Gasteiger partial charge in [-0.3, -0.25) is 4.90 Å². The smallest absolute Gasteiger partial charge is 0.0367 e. The maximum Gasteiger partial charge on any atom is 0.0367 e. The number of halogens is 1. The van der Waals surface area contributed by atoms with Gasteiger partial charge in [0.05, 0.1) is 0 Å². The monoisotopic (exact) mass is 337 g/mol. The largest absolute Gasteiger partial charge is 0.370 e. The highest BCUT2D eigenvalue weighted by molar-refractivity contribution is 9.10. The summed E-state index contributed by atoms with van der Waals surface area (Å²) in [5.74, 6) is 0.720. The van der Waals surface area contributed by atoms with Crippen LogP contribution in [-0.4, -0.2) is 43.7 Å². The maximum atomic E-state index is 5.82. The Bertz CT molecular complexity index is 434. The molecule has 0 amide bonds. The molecule has 2 aliphatic rings. The summed E-state index contributed by atoms with van der Waals surface area (Å²) in [6.45, 7) is 5.64.